The molecule has 1 amide bonds. The summed E-state index contributed by atoms with van der Waals surface area (Å²) in [6.07, 6.45) is -4.40. The second-order valence-corrected chi connectivity index (χ2v) is 6.46. The number of benzene rings is 1. The van der Waals surface area contributed by atoms with E-state index in [2.05, 4.69) is 5.32 Å². The first-order chi connectivity index (χ1) is 11.8. The van der Waals surface area contributed by atoms with Crippen LogP contribution in [0.5, 0.6) is 5.75 Å². The van der Waals surface area contributed by atoms with Gasteiger partial charge in [0.2, 0.25) is 5.91 Å². The van der Waals surface area contributed by atoms with E-state index < -0.39 is 48.1 Å². The van der Waals surface area contributed by atoms with Crippen molar-refractivity contribution in [1.29, 1.82) is 0 Å². The van der Waals surface area contributed by atoms with E-state index >= 15 is 0 Å². The summed E-state index contributed by atoms with van der Waals surface area (Å²) < 4.78 is 15.9. The molecule has 1 heterocycles. The van der Waals surface area contributed by atoms with Crippen LogP contribution in [-0.2, 0) is 14.3 Å². The highest BCUT2D eigenvalue weighted by Gasteiger charge is 2.71. The van der Waals surface area contributed by atoms with Crippen LogP contribution in [0, 0.1) is 0 Å². The quantitative estimate of drug-likeness (QED) is 0.555. The van der Waals surface area contributed by atoms with Gasteiger partial charge < -0.3 is 34.8 Å². The number of aliphatic hydroxyl groups excluding tert-OH is 2. The Morgan fingerprint density at radius 2 is 1.88 bits per heavy atom. The van der Waals surface area contributed by atoms with Crippen LogP contribution in [0.3, 0.4) is 0 Å². The van der Waals surface area contributed by atoms with Gasteiger partial charge in [-0.15, -0.1) is 0 Å². The van der Waals surface area contributed by atoms with Crippen molar-refractivity contribution < 1.29 is 34.3 Å². The molecular weight excluding hydrogens is 330 g/mol. The summed E-state index contributed by atoms with van der Waals surface area (Å²) in [6.45, 7) is 1.30. The standard InChI is InChI=1S/C17H23NO7/c1-8(19)18-12-14(21)17(22)11(9-4-6-10(23-2)7-5-9)13(20)15(17)25-16(12)24-3/h4-7,11-16,20-22H,1-3H3,(H,18,19)/t11?,12-,13?,14-,15-,16+,17-/m1/s1. The van der Waals surface area contributed by atoms with E-state index in [-0.39, 0.29) is 0 Å². The smallest absolute Gasteiger partial charge is 0.217 e. The van der Waals surface area contributed by atoms with Gasteiger partial charge in [0, 0.05) is 20.0 Å². The summed E-state index contributed by atoms with van der Waals surface area (Å²) in [7, 11) is 2.90. The summed E-state index contributed by atoms with van der Waals surface area (Å²) in [5, 5.41) is 34.9. The van der Waals surface area contributed by atoms with Gasteiger partial charge in [0.25, 0.3) is 0 Å². The van der Waals surface area contributed by atoms with Gasteiger partial charge in [-0.25, -0.2) is 0 Å². The largest absolute Gasteiger partial charge is 0.497 e. The number of amides is 1. The first-order valence-electron chi connectivity index (χ1n) is 8.02. The van der Waals surface area contributed by atoms with E-state index in [9.17, 15) is 20.1 Å². The molecule has 1 aliphatic carbocycles. The van der Waals surface area contributed by atoms with Crippen molar-refractivity contribution in [3.05, 3.63) is 29.8 Å². The van der Waals surface area contributed by atoms with Crippen LogP contribution < -0.4 is 10.1 Å². The van der Waals surface area contributed by atoms with Crippen LogP contribution in [0.1, 0.15) is 18.4 Å². The highest BCUT2D eigenvalue weighted by atomic mass is 16.7. The van der Waals surface area contributed by atoms with Gasteiger partial charge in [0.05, 0.1) is 13.2 Å². The Labute approximate surface area is 145 Å². The van der Waals surface area contributed by atoms with Gasteiger partial charge in [0.15, 0.2) is 6.29 Å². The SMILES string of the molecule is COc1ccc(C2C(O)[C@H]3O[C@H](OC)[C@H](NC(C)=O)[C@@H](O)[C@]23O)cc1. The van der Waals surface area contributed by atoms with Crippen molar-refractivity contribution in [2.24, 2.45) is 0 Å². The summed E-state index contributed by atoms with van der Waals surface area (Å²) in [5.74, 6) is -0.526. The Kier molecular flexibility index (Phi) is 4.74. The van der Waals surface area contributed by atoms with E-state index in [0.717, 1.165) is 0 Å². The third-order valence-corrected chi connectivity index (χ3v) is 5.07. The van der Waals surface area contributed by atoms with Crippen LogP contribution in [-0.4, -0.2) is 71.7 Å². The number of methoxy groups -OCH3 is 2. The van der Waals surface area contributed by atoms with Crippen molar-refractivity contribution >= 4 is 5.91 Å². The molecule has 1 aromatic carbocycles. The first-order valence-corrected chi connectivity index (χ1v) is 8.02. The lowest BCUT2D eigenvalue weighted by molar-refractivity contribution is -0.364. The lowest BCUT2D eigenvalue weighted by Gasteiger charge is -2.62. The number of fused-ring (bicyclic) bond motifs is 1. The number of hydrogen-bond donors (Lipinski definition) is 4. The van der Waals surface area contributed by atoms with Gasteiger partial charge in [-0.05, 0) is 17.7 Å². The lowest BCUT2D eigenvalue weighted by Crippen LogP contribution is -2.82. The third-order valence-electron chi connectivity index (χ3n) is 5.07. The number of hydrogen-bond acceptors (Lipinski definition) is 7. The molecule has 2 unspecified atom stereocenters. The summed E-state index contributed by atoms with van der Waals surface area (Å²) in [5.41, 5.74) is -1.12. The number of ether oxygens (including phenoxy) is 3. The summed E-state index contributed by atoms with van der Waals surface area (Å²) >= 11 is 0. The Morgan fingerprint density at radius 1 is 1.24 bits per heavy atom. The van der Waals surface area contributed by atoms with E-state index in [1.807, 2.05) is 0 Å². The predicted molar refractivity (Wildman–Crippen MR) is 86.0 cm³/mol. The minimum atomic E-state index is -1.75. The van der Waals surface area contributed by atoms with E-state index in [1.165, 1.54) is 14.0 Å². The predicted octanol–water partition coefficient (Wildman–Crippen LogP) is -0.879. The van der Waals surface area contributed by atoms with Crippen LogP contribution in [0.4, 0.5) is 0 Å². The second kappa shape index (κ2) is 6.54. The molecule has 7 atom stereocenters. The molecule has 138 valence electrons. The molecule has 2 fully saturated rings. The van der Waals surface area contributed by atoms with E-state index in [4.69, 9.17) is 14.2 Å². The van der Waals surface area contributed by atoms with Crippen LogP contribution in [0.25, 0.3) is 0 Å². The fraction of sp³-hybridized carbons (Fsp3) is 0.588. The zero-order valence-electron chi connectivity index (χ0n) is 14.2. The molecule has 8 heteroatoms. The number of carbonyl (C=O) groups excluding carboxylic acids is 1. The minimum Gasteiger partial charge on any atom is -0.497 e. The maximum Gasteiger partial charge on any atom is 0.217 e. The van der Waals surface area contributed by atoms with E-state index in [1.54, 1.807) is 31.4 Å². The molecule has 0 aromatic heterocycles. The Hall–Kier alpha value is -1.71. The molecule has 4 N–H and O–H groups in total. The molecule has 0 spiro atoms. The Bertz CT molecular complexity index is 636. The van der Waals surface area contributed by atoms with E-state index in [0.29, 0.717) is 11.3 Å². The van der Waals surface area contributed by atoms with Crippen molar-refractivity contribution in [2.45, 2.75) is 49.1 Å². The Morgan fingerprint density at radius 3 is 2.40 bits per heavy atom. The number of nitrogens with one attached hydrogen (secondary N) is 1. The zero-order valence-corrected chi connectivity index (χ0v) is 14.2. The van der Waals surface area contributed by atoms with Crippen LogP contribution >= 0.6 is 0 Å². The van der Waals surface area contributed by atoms with Crippen LogP contribution in [0.15, 0.2) is 24.3 Å². The highest BCUT2D eigenvalue weighted by molar-refractivity contribution is 5.73. The average molecular weight is 353 g/mol. The zero-order chi connectivity index (χ0) is 18.4. The highest BCUT2D eigenvalue weighted by Crippen LogP contribution is 2.53. The van der Waals surface area contributed by atoms with Gasteiger partial charge in [-0.1, -0.05) is 12.1 Å². The van der Waals surface area contributed by atoms with Crippen LogP contribution in [0.2, 0.25) is 0 Å². The molecule has 1 saturated carbocycles. The first kappa shape index (κ1) is 18.1. The maximum absolute atomic E-state index is 11.4. The normalized spacial score (nSPS) is 39.9. The fourth-order valence-corrected chi connectivity index (χ4v) is 3.85. The monoisotopic (exact) mass is 353 g/mol. The molecule has 0 radical (unpaired) electrons. The minimum absolute atomic E-state index is 0.391. The number of aliphatic hydroxyl groups is 3. The van der Waals surface area contributed by atoms with Crippen molar-refractivity contribution in [1.82, 2.24) is 5.32 Å². The lowest BCUT2D eigenvalue weighted by atomic mass is 9.56. The third kappa shape index (κ3) is 2.70. The fourth-order valence-electron chi connectivity index (χ4n) is 3.85. The number of rotatable bonds is 4. The molecule has 2 aliphatic rings. The summed E-state index contributed by atoms with van der Waals surface area (Å²) in [4.78, 5) is 11.4. The second-order valence-electron chi connectivity index (χ2n) is 6.46. The average Bonchev–Trinajstić information content (AvgIpc) is 2.59. The van der Waals surface area contributed by atoms with Crippen molar-refractivity contribution in [3.63, 3.8) is 0 Å². The summed E-state index contributed by atoms with van der Waals surface area (Å²) in [6, 6.07) is 5.88. The molecule has 3 rings (SSSR count). The Balaban J connectivity index is 1.92. The molecule has 1 aliphatic heterocycles. The van der Waals surface area contributed by atoms with Crippen molar-refractivity contribution in [2.75, 3.05) is 14.2 Å². The van der Waals surface area contributed by atoms with Gasteiger partial charge in [-0.3, -0.25) is 4.79 Å². The van der Waals surface area contributed by atoms with Gasteiger partial charge >= 0.3 is 0 Å². The molecule has 0 bridgehead atoms. The molecule has 1 aromatic rings. The van der Waals surface area contributed by atoms with Gasteiger partial charge in [-0.2, -0.15) is 0 Å². The van der Waals surface area contributed by atoms with Crippen molar-refractivity contribution in [3.8, 4) is 5.75 Å². The molecule has 8 nitrogen and oxygen atoms in total. The topological polar surface area (TPSA) is 117 Å². The molecule has 25 heavy (non-hydrogen) atoms. The number of carbonyl (C=O) groups is 1. The molecule has 1 saturated heterocycles. The van der Waals surface area contributed by atoms with Gasteiger partial charge in [0.1, 0.15) is 29.6 Å². The molecular formula is C17H23NO7. The maximum atomic E-state index is 11.4.